The van der Waals surface area contributed by atoms with E-state index in [0.29, 0.717) is 19.0 Å². The highest BCUT2D eigenvalue weighted by atomic mass is 16.2. The number of anilines is 1. The smallest absolute Gasteiger partial charge is 0.242 e. The Kier molecular flexibility index (Phi) is 3.82. The number of fused-ring (bicyclic) bond motifs is 1. The van der Waals surface area contributed by atoms with Crippen molar-refractivity contribution in [3.05, 3.63) is 29.8 Å². The van der Waals surface area contributed by atoms with Crippen molar-refractivity contribution < 1.29 is 9.59 Å². The molecule has 0 bridgehead atoms. The zero-order chi connectivity index (χ0) is 14.8. The van der Waals surface area contributed by atoms with Gasteiger partial charge in [0.15, 0.2) is 0 Å². The van der Waals surface area contributed by atoms with E-state index in [0.717, 1.165) is 24.1 Å². The normalized spacial score (nSPS) is 21.7. The molecule has 3 rings (SSSR count). The van der Waals surface area contributed by atoms with Crippen LogP contribution in [0, 0.1) is 5.92 Å². The molecule has 112 valence electrons. The van der Waals surface area contributed by atoms with Gasteiger partial charge in [-0.3, -0.25) is 9.59 Å². The Morgan fingerprint density at radius 2 is 2.05 bits per heavy atom. The second-order valence-corrected chi connectivity index (χ2v) is 5.95. The summed E-state index contributed by atoms with van der Waals surface area (Å²) in [4.78, 5) is 24.2. The van der Waals surface area contributed by atoms with Crippen molar-refractivity contribution in [1.82, 2.24) is 10.6 Å². The van der Waals surface area contributed by atoms with Crippen LogP contribution in [-0.2, 0) is 16.0 Å². The van der Waals surface area contributed by atoms with Gasteiger partial charge in [-0.2, -0.15) is 0 Å². The maximum absolute atomic E-state index is 12.3. The van der Waals surface area contributed by atoms with Crippen molar-refractivity contribution in [2.24, 2.45) is 5.92 Å². The Bertz CT molecular complexity index is 554. The molecule has 3 N–H and O–H groups in total. The molecule has 2 amide bonds. The van der Waals surface area contributed by atoms with Crippen LogP contribution >= 0.6 is 0 Å². The Hall–Kier alpha value is -2.04. The molecule has 5 nitrogen and oxygen atoms in total. The number of benzene rings is 1. The first-order valence-electron chi connectivity index (χ1n) is 7.56. The van der Waals surface area contributed by atoms with Gasteiger partial charge >= 0.3 is 0 Å². The maximum atomic E-state index is 12.3. The summed E-state index contributed by atoms with van der Waals surface area (Å²) in [5, 5.41) is 9.01. The zero-order valence-electron chi connectivity index (χ0n) is 12.2. The van der Waals surface area contributed by atoms with Crippen LogP contribution in [0.4, 0.5) is 5.69 Å². The highest BCUT2D eigenvalue weighted by molar-refractivity contribution is 5.89. The highest BCUT2D eigenvalue weighted by Gasteiger charge is 2.29. The molecule has 1 fully saturated rings. The fourth-order valence-electron chi connectivity index (χ4n) is 2.58. The van der Waals surface area contributed by atoms with E-state index in [1.165, 1.54) is 0 Å². The van der Waals surface area contributed by atoms with Crippen molar-refractivity contribution in [2.75, 3.05) is 11.9 Å². The average molecular weight is 287 g/mol. The minimum atomic E-state index is -0.477. The van der Waals surface area contributed by atoms with Crippen LogP contribution in [0.1, 0.15) is 25.3 Å². The lowest BCUT2D eigenvalue weighted by Crippen LogP contribution is -2.49. The minimum Gasteiger partial charge on any atom is -0.384 e. The van der Waals surface area contributed by atoms with Gasteiger partial charge in [-0.15, -0.1) is 0 Å². The molecule has 21 heavy (non-hydrogen) atoms. The summed E-state index contributed by atoms with van der Waals surface area (Å²) >= 11 is 0. The van der Waals surface area contributed by atoms with E-state index in [2.05, 4.69) is 16.0 Å². The molecule has 0 aromatic heterocycles. The molecule has 1 aliphatic carbocycles. The average Bonchev–Trinajstić information content (AvgIpc) is 3.30. The Balaban J connectivity index is 1.55. The van der Waals surface area contributed by atoms with Crippen LogP contribution in [0.3, 0.4) is 0 Å². The third-order valence-corrected chi connectivity index (χ3v) is 4.07. The number of para-hydroxylation sites is 1. The molecule has 2 aliphatic rings. The zero-order valence-corrected chi connectivity index (χ0v) is 12.2. The van der Waals surface area contributed by atoms with Gasteiger partial charge in [0.25, 0.3) is 0 Å². The van der Waals surface area contributed by atoms with Crippen molar-refractivity contribution in [3.63, 3.8) is 0 Å². The fourth-order valence-corrected chi connectivity index (χ4v) is 2.58. The first kappa shape index (κ1) is 13.9. The van der Waals surface area contributed by atoms with E-state index in [1.54, 1.807) is 6.92 Å². The third kappa shape index (κ3) is 3.35. The first-order valence-corrected chi connectivity index (χ1v) is 7.56. The molecule has 1 aromatic carbocycles. The summed E-state index contributed by atoms with van der Waals surface area (Å²) in [6, 6.07) is 7.86. The Morgan fingerprint density at radius 1 is 1.29 bits per heavy atom. The predicted octanol–water partition coefficient (Wildman–Crippen LogP) is 1.05. The molecule has 0 radical (unpaired) electrons. The largest absolute Gasteiger partial charge is 0.384 e. The summed E-state index contributed by atoms with van der Waals surface area (Å²) in [6.45, 7) is 2.35. The van der Waals surface area contributed by atoms with Gasteiger partial charge in [-0.25, -0.2) is 0 Å². The topological polar surface area (TPSA) is 70.2 Å². The molecule has 0 spiro atoms. The number of nitrogens with one attached hydrogen (secondary N) is 3. The summed E-state index contributed by atoms with van der Waals surface area (Å²) < 4.78 is 0. The molecule has 1 heterocycles. The van der Waals surface area contributed by atoms with Crippen molar-refractivity contribution in [3.8, 4) is 0 Å². The summed E-state index contributed by atoms with van der Waals surface area (Å²) in [7, 11) is 0. The summed E-state index contributed by atoms with van der Waals surface area (Å²) in [6.07, 6.45) is 2.82. The number of rotatable bonds is 4. The van der Waals surface area contributed by atoms with Crippen LogP contribution in [0.2, 0.25) is 0 Å². The van der Waals surface area contributed by atoms with E-state index in [-0.39, 0.29) is 17.7 Å². The number of carbonyl (C=O) groups is 2. The molecular formula is C16H21N3O2. The molecule has 5 heteroatoms. The monoisotopic (exact) mass is 287 g/mol. The molecule has 2 atom stereocenters. The molecule has 1 aromatic rings. The van der Waals surface area contributed by atoms with Gasteiger partial charge in [-0.1, -0.05) is 18.2 Å². The number of hydrogen-bond donors (Lipinski definition) is 3. The van der Waals surface area contributed by atoms with Gasteiger partial charge in [-0.05, 0) is 37.8 Å². The van der Waals surface area contributed by atoms with Crippen LogP contribution in [0.25, 0.3) is 0 Å². The maximum Gasteiger partial charge on any atom is 0.242 e. The van der Waals surface area contributed by atoms with Gasteiger partial charge in [0.1, 0.15) is 6.04 Å². The summed E-state index contributed by atoms with van der Waals surface area (Å²) in [5.74, 6) is -0.276. The second kappa shape index (κ2) is 5.76. The van der Waals surface area contributed by atoms with Crippen LogP contribution in [-0.4, -0.2) is 30.4 Å². The SMILES string of the molecule is CC(NC(=O)C1CNc2ccccc2C1)C(=O)NC1CC1. The quantitative estimate of drug-likeness (QED) is 0.775. The van der Waals surface area contributed by atoms with E-state index in [4.69, 9.17) is 0 Å². The lowest BCUT2D eigenvalue weighted by atomic mass is 9.93. The number of amides is 2. The molecule has 1 aliphatic heterocycles. The van der Waals surface area contributed by atoms with E-state index in [9.17, 15) is 9.59 Å². The van der Waals surface area contributed by atoms with Crippen LogP contribution < -0.4 is 16.0 Å². The van der Waals surface area contributed by atoms with E-state index >= 15 is 0 Å². The van der Waals surface area contributed by atoms with Gasteiger partial charge < -0.3 is 16.0 Å². The molecule has 0 saturated heterocycles. The lowest BCUT2D eigenvalue weighted by molar-refractivity contribution is -0.130. The number of hydrogen-bond acceptors (Lipinski definition) is 3. The Labute approximate surface area is 124 Å². The fraction of sp³-hybridized carbons (Fsp3) is 0.500. The standard InChI is InChI=1S/C16H21N3O2/c1-10(15(20)19-13-6-7-13)18-16(21)12-8-11-4-2-3-5-14(11)17-9-12/h2-5,10,12-13,17H,6-9H2,1H3,(H,18,21)(H,19,20). The van der Waals surface area contributed by atoms with Gasteiger partial charge in [0, 0.05) is 18.3 Å². The van der Waals surface area contributed by atoms with Crippen LogP contribution in [0.5, 0.6) is 0 Å². The highest BCUT2D eigenvalue weighted by Crippen LogP contribution is 2.24. The Morgan fingerprint density at radius 3 is 2.81 bits per heavy atom. The molecule has 2 unspecified atom stereocenters. The number of carbonyl (C=O) groups excluding carboxylic acids is 2. The molecular weight excluding hydrogens is 266 g/mol. The van der Waals surface area contributed by atoms with Gasteiger partial charge in [0.05, 0.1) is 5.92 Å². The minimum absolute atomic E-state index is 0.0598. The second-order valence-electron chi connectivity index (χ2n) is 5.95. The van der Waals surface area contributed by atoms with Crippen molar-refractivity contribution in [2.45, 2.75) is 38.3 Å². The molecule has 1 saturated carbocycles. The van der Waals surface area contributed by atoms with Crippen molar-refractivity contribution >= 4 is 17.5 Å². The van der Waals surface area contributed by atoms with Crippen LogP contribution in [0.15, 0.2) is 24.3 Å². The lowest BCUT2D eigenvalue weighted by Gasteiger charge is -2.26. The van der Waals surface area contributed by atoms with Gasteiger partial charge in [0.2, 0.25) is 11.8 Å². The summed E-state index contributed by atoms with van der Waals surface area (Å²) in [5.41, 5.74) is 2.25. The predicted molar refractivity (Wildman–Crippen MR) is 80.9 cm³/mol. The van der Waals surface area contributed by atoms with E-state index < -0.39 is 6.04 Å². The first-order chi connectivity index (χ1) is 10.1. The van der Waals surface area contributed by atoms with E-state index in [1.807, 2.05) is 24.3 Å². The van der Waals surface area contributed by atoms with Crippen molar-refractivity contribution in [1.29, 1.82) is 0 Å². The third-order valence-electron chi connectivity index (χ3n) is 4.07.